The highest BCUT2D eigenvalue weighted by Crippen LogP contribution is 2.26. The topological polar surface area (TPSA) is 29.5 Å². The zero-order valence-corrected chi connectivity index (χ0v) is 11.2. The Bertz CT molecular complexity index is 393. The molecule has 0 aromatic heterocycles. The molecule has 1 aliphatic carbocycles. The first-order valence-electron chi connectivity index (χ1n) is 6.58. The maximum absolute atomic E-state index is 12.1. The van der Waals surface area contributed by atoms with Crippen molar-refractivity contribution in [2.75, 3.05) is 25.6 Å². The molecule has 0 aliphatic heterocycles. The van der Waals surface area contributed by atoms with E-state index in [-0.39, 0.29) is 0 Å². The van der Waals surface area contributed by atoms with Gasteiger partial charge in [0.25, 0.3) is 0 Å². The van der Waals surface area contributed by atoms with Gasteiger partial charge in [0.1, 0.15) is 5.75 Å². The van der Waals surface area contributed by atoms with Gasteiger partial charge >= 0.3 is 0 Å². The van der Waals surface area contributed by atoms with Crippen molar-refractivity contribution in [1.82, 2.24) is 0 Å². The van der Waals surface area contributed by atoms with E-state index in [9.17, 15) is 4.79 Å². The van der Waals surface area contributed by atoms with Crippen molar-refractivity contribution >= 4 is 11.5 Å². The van der Waals surface area contributed by atoms with Crippen LogP contribution in [0, 0.1) is 5.92 Å². The second kappa shape index (κ2) is 5.89. The van der Waals surface area contributed by atoms with Crippen LogP contribution in [-0.2, 0) is 4.79 Å². The monoisotopic (exact) mass is 247 g/mol. The summed E-state index contributed by atoms with van der Waals surface area (Å²) in [5.74, 6) is 1.52. The highest BCUT2D eigenvalue weighted by Gasteiger charge is 2.23. The van der Waals surface area contributed by atoms with Crippen LogP contribution < -0.4 is 9.64 Å². The first-order chi connectivity index (χ1) is 8.70. The van der Waals surface area contributed by atoms with Crippen molar-refractivity contribution in [3.05, 3.63) is 24.3 Å². The summed E-state index contributed by atoms with van der Waals surface area (Å²) in [4.78, 5) is 14.1. The van der Waals surface area contributed by atoms with Gasteiger partial charge in [0, 0.05) is 18.7 Å². The lowest BCUT2D eigenvalue weighted by atomic mass is 10.0. The molecule has 98 valence electrons. The van der Waals surface area contributed by atoms with E-state index in [1.165, 1.54) is 12.8 Å². The number of ether oxygens (including phenoxy) is 1. The molecule has 1 aliphatic rings. The highest BCUT2D eigenvalue weighted by atomic mass is 16.5. The number of likely N-dealkylation sites (N-methyl/N-ethyl adjacent to an activating group) is 1. The molecule has 0 atom stereocenters. The Balaban J connectivity index is 1.93. The van der Waals surface area contributed by atoms with Gasteiger partial charge in [-0.05, 0) is 37.1 Å². The Hall–Kier alpha value is -1.51. The summed E-state index contributed by atoms with van der Waals surface area (Å²) in [6.07, 6.45) is 4.58. The van der Waals surface area contributed by atoms with E-state index in [2.05, 4.69) is 0 Å². The number of methoxy groups -OCH3 is 1. The van der Waals surface area contributed by atoms with Gasteiger partial charge in [0.15, 0.2) is 5.78 Å². The summed E-state index contributed by atoms with van der Waals surface area (Å²) in [5.41, 5.74) is 1.06. The lowest BCUT2D eigenvalue weighted by Crippen LogP contribution is -2.29. The summed E-state index contributed by atoms with van der Waals surface area (Å²) in [6, 6.07) is 7.82. The third-order valence-electron chi connectivity index (χ3n) is 3.72. The molecule has 1 aromatic rings. The van der Waals surface area contributed by atoms with Crippen LogP contribution >= 0.6 is 0 Å². The summed E-state index contributed by atoms with van der Waals surface area (Å²) in [5, 5.41) is 0. The number of hydrogen-bond donors (Lipinski definition) is 0. The summed E-state index contributed by atoms with van der Waals surface area (Å²) in [6.45, 7) is 0.511. The summed E-state index contributed by atoms with van der Waals surface area (Å²) < 4.78 is 5.13. The van der Waals surface area contributed by atoms with Gasteiger partial charge in [-0.1, -0.05) is 12.8 Å². The molecule has 0 N–H and O–H groups in total. The minimum atomic E-state index is 0.297. The number of rotatable bonds is 5. The van der Waals surface area contributed by atoms with Crippen LogP contribution in [0.3, 0.4) is 0 Å². The third kappa shape index (κ3) is 3.03. The lowest BCUT2D eigenvalue weighted by Gasteiger charge is -2.20. The Kier molecular flexibility index (Phi) is 4.24. The van der Waals surface area contributed by atoms with Crippen molar-refractivity contribution in [2.24, 2.45) is 5.92 Å². The van der Waals surface area contributed by atoms with Gasteiger partial charge in [0.05, 0.1) is 13.7 Å². The van der Waals surface area contributed by atoms with E-state index < -0.39 is 0 Å². The van der Waals surface area contributed by atoms with Crippen molar-refractivity contribution in [3.63, 3.8) is 0 Å². The number of hydrogen-bond acceptors (Lipinski definition) is 3. The quantitative estimate of drug-likeness (QED) is 0.801. The molecule has 18 heavy (non-hydrogen) atoms. The fourth-order valence-corrected chi connectivity index (χ4v) is 2.54. The molecule has 0 saturated heterocycles. The fourth-order valence-electron chi connectivity index (χ4n) is 2.54. The predicted molar refractivity (Wildman–Crippen MR) is 73.2 cm³/mol. The average Bonchev–Trinajstić information content (AvgIpc) is 2.92. The average molecular weight is 247 g/mol. The molecule has 0 spiro atoms. The van der Waals surface area contributed by atoms with Gasteiger partial charge in [-0.25, -0.2) is 0 Å². The molecule has 1 aromatic carbocycles. The second-order valence-electron chi connectivity index (χ2n) is 5.00. The Morgan fingerprint density at radius 2 is 1.89 bits per heavy atom. The zero-order chi connectivity index (χ0) is 13.0. The van der Waals surface area contributed by atoms with E-state index in [4.69, 9.17) is 4.74 Å². The highest BCUT2D eigenvalue weighted by molar-refractivity contribution is 5.85. The van der Waals surface area contributed by atoms with Crippen LogP contribution in [0.25, 0.3) is 0 Å². The smallest absolute Gasteiger partial charge is 0.155 e. The molecule has 3 nitrogen and oxygen atoms in total. The van der Waals surface area contributed by atoms with E-state index in [1.54, 1.807) is 7.11 Å². The summed E-state index contributed by atoms with van der Waals surface area (Å²) >= 11 is 0. The van der Waals surface area contributed by atoms with E-state index in [1.807, 2.05) is 36.2 Å². The SMILES string of the molecule is COc1ccc(N(C)CC(=O)C2CCCC2)cc1. The normalized spacial score (nSPS) is 15.7. The standard InChI is InChI=1S/C15H21NO2/c1-16(11-15(17)12-5-3-4-6-12)13-7-9-14(18-2)10-8-13/h7-10,12H,3-6,11H2,1-2H3. The van der Waals surface area contributed by atoms with Crippen molar-refractivity contribution < 1.29 is 9.53 Å². The Morgan fingerprint density at radius 1 is 1.28 bits per heavy atom. The number of carbonyl (C=O) groups is 1. The number of anilines is 1. The molecule has 0 amide bonds. The maximum atomic E-state index is 12.1. The number of nitrogens with zero attached hydrogens (tertiary/aromatic N) is 1. The van der Waals surface area contributed by atoms with Crippen LogP contribution in [0.1, 0.15) is 25.7 Å². The molecule has 2 rings (SSSR count). The van der Waals surface area contributed by atoms with E-state index >= 15 is 0 Å². The third-order valence-corrected chi connectivity index (χ3v) is 3.72. The minimum absolute atomic E-state index is 0.297. The van der Waals surface area contributed by atoms with Crippen LogP contribution in [-0.4, -0.2) is 26.5 Å². The van der Waals surface area contributed by atoms with Crippen LogP contribution in [0.2, 0.25) is 0 Å². The molecule has 1 fully saturated rings. The minimum Gasteiger partial charge on any atom is -0.497 e. The zero-order valence-electron chi connectivity index (χ0n) is 11.2. The fraction of sp³-hybridized carbons (Fsp3) is 0.533. The number of Topliss-reactive ketones (excluding diaryl/α,β-unsaturated/α-hetero) is 1. The first kappa shape index (κ1) is 12.9. The van der Waals surface area contributed by atoms with Crippen LogP contribution in [0.4, 0.5) is 5.69 Å². The number of benzene rings is 1. The molecular formula is C15H21NO2. The van der Waals surface area contributed by atoms with Crippen molar-refractivity contribution in [3.8, 4) is 5.75 Å². The second-order valence-corrected chi connectivity index (χ2v) is 5.00. The molecule has 1 saturated carbocycles. The maximum Gasteiger partial charge on any atom is 0.155 e. The molecule has 0 bridgehead atoms. The van der Waals surface area contributed by atoms with Crippen LogP contribution in [0.15, 0.2) is 24.3 Å². The van der Waals surface area contributed by atoms with Gasteiger partial charge < -0.3 is 9.64 Å². The summed E-state index contributed by atoms with van der Waals surface area (Å²) in [7, 11) is 3.62. The lowest BCUT2D eigenvalue weighted by molar-refractivity contribution is -0.121. The largest absolute Gasteiger partial charge is 0.497 e. The predicted octanol–water partition coefficient (Wildman–Crippen LogP) is 2.89. The van der Waals surface area contributed by atoms with Crippen LogP contribution in [0.5, 0.6) is 5.75 Å². The number of ketones is 1. The van der Waals surface area contributed by atoms with E-state index in [0.717, 1.165) is 24.3 Å². The first-order valence-corrected chi connectivity index (χ1v) is 6.58. The molecule has 0 radical (unpaired) electrons. The van der Waals surface area contributed by atoms with Gasteiger partial charge in [-0.2, -0.15) is 0 Å². The number of carbonyl (C=O) groups excluding carboxylic acids is 1. The van der Waals surface area contributed by atoms with E-state index in [0.29, 0.717) is 18.2 Å². The van der Waals surface area contributed by atoms with Crippen molar-refractivity contribution in [2.45, 2.75) is 25.7 Å². The molecule has 3 heteroatoms. The van der Waals surface area contributed by atoms with Gasteiger partial charge in [-0.15, -0.1) is 0 Å². The van der Waals surface area contributed by atoms with Crippen molar-refractivity contribution in [1.29, 1.82) is 0 Å². The molecule has 0 heterocycles. The van der Waals surface area contributed by atoms with Gasteiger partial charge in [-0.3, -0.25) is 4.79 Å². The Morgan fingerprint density at radius 3 is 2.44 bits per heavy atom. The molecular weight excluding hydrogens is 226 g/mol. The Labute approximate surface area is 109 Å². The molecule has 0 unspecified atom stereocenters. The van der Waals surface area contributed by atoms with Gasteiger partial charge in [0.2, 0.25) is 0 Å².